The van der Waals surface area contributed by atoms with Crippen LogP contribution in [-0.2, 0) is 21.6 Å². The first-order chi connectivity index (χ1) is 2.00. The monoisotopic (exact) mass is 194 g/mol. The van der Waals surface area contributed by atoms with Crippen LogP contribution in [0.4, 0.5) is 0 Å². The van der Waals surface area contributed by atoms with Crippen LogP contribution >= 0.6 is 7.82 Å². The standard InChI is InChI=1S/Fe.H3N.Na.H3O4P/c;;;1-5(2,3)4/h;1H3;;(H3,1,2,3,4). The Morgan fingerprint density at radius 2 is 1.38 bits per heavy atom. The minimum Gasteiger partial charge on any atom is -0.756 e. The Kier molecular flexibility index (Phi) is 24.3. The summed E-state index contributed by atoms with van der Waals surface area (Å²) in [5.74, 6) is 0. The van der Waals surface area contributed by atoms with Crippen molar-refractivity contribution in [1.29, 1.82) is 0 Å². The van der Waals surface area contributed by atoms with Crippen LogP contribution in [0.5, 0.6) is 0 Å². The van der Waals surface area contributed by atoms with Gasteiger partial charge in [-0.25, -0.2) is 0 Å². The second-order valence-electron chi connectivity index (χ2n) is 0.491. The van der Waals surface area contributed by atoms with Crippen molar-refractivity contribution >= 4 is 37.4 Å². The minimum atomic E-state index is -4.89. The number of phosphoric acid groups is 1. The summed E-state index contributed by atoms with van der Waals surface area (Å²) in [6, 6.07) is 0. The quantitative estimate of drug-likeness (QED) is 0.319. The van der Waals surface area contributed by atoms with E-state index in [0.717, 1.165) is 0 Å². The zero-order valence-corrected chi connectivity index (χ0v) is 8.51. The Morgan fingerprint density at radius 3 is 1.38 bits per heavy atom. The molecule has 0 fully saturated rings. The predicted octanol–water partition coefficient (Wildman–Crippen LogP) is -1.57. The summed E-state index contributed by atoms with van der Waals surface area (Å²) in [4.78, 5) is 22.9. The molecule has 49 valence electrons. The minimum absolute atomic E-state index is 0. The third-order valence-electron chi connectivity index (χ3n) is 0. The molecule has 0 atom stereocenters. The fourth-order valence-corrected chi connectivity index (χ4v) is 0. The van der Waals surface area contributed by atoms with Gasteiger partial charge in [0, 0.05) is 46.6 Å². The Labute approximate surface area is 79.5 Å². The Balaban J connectivity index is -0.0000000267. The van der Waals surface area contributed by atoms with Gasteiger partial charge in [-0.05, 0) is 0 Å². The molecule has 0 saturated carbocycles. The first-order valence-corrected chi connectivity index (χ1v) is 2.30. The number of quaternary nitrogens is 1. The Hall–Kier alpha value is 1.59. The van der Waals surface area contributed by atoms with Crippen molar-refractivity contribution in [3.05, 3.63) is 0 Å². The van der Waals surface area contributed by atoms with Crippen molar-refractivity contribution in [2.75, 3.05) is 0 Å². The molecule has 0 aromatic heterocycles. The normalized spacial score (nSPS) is 7.38. The van der Waals surface area contributed by atoms with Crippen molar-refractivity contribution in [2.45, 2.75) is 0 Å². The van der Waals surface area contributed by atoms with E-state index in [1.165, 1.54) is 0 Å². The maximum atomic E-state index is 8.77. The van der Waals surface area contributed by atoms with Gasteiger partial charge < -0.3 is 20.8 Å². The van der Waals surface area contributed by atoms with E-state index in [1.54, 1.807) is 0 Å². The molecule has 0 aliphatic rings. The van der Waals surface area contributed by atoms with E-state index in [2.05, 4.69) is 0 Å². The van der Waals surface area contributed by atoms with Crippen molar-refractivity contribution in [3.8, 4) is 0 Å². The van der Waals surface area contributed by atoms with Gasteiger partial charge in [-0.3, -0.25) is 4.57 Å². The molecule has 0 rings (SSSR count). The first-order valence-electron chi connectivity index (χ1n) is 0.765. The maximum Gasteiger partial charge on any atom is 0.262 e. The van der Waals surface area contributed by atoms with Gasteiger partial charge in [0.2, 0.25) is 0 Å². The van der Waals surface area contributed by atoms with Crippen LogP contribution in [0.3, 0.4) is 0 Å². The molecule has 5 nitrogen and oxygen atoms in total. The molecule has 8 heavy (non-hydrogen) atoms. The van der Waals surface area contributed by atoms with Crippen LogP contribution in [0.15, 0.2) is 0 Å². The fourth-order valence-electron chi connectivity index (χ4n) is 0. The van der Waals surface area contributed by atoms with E-state index >= 15 is 0 Å². The molecule has 6 N–H and O–H groups in total. The Morgan fingerprint density at radius 1 is 1.38 bits per heavy atom. The molecule has 0 aliphatic heterocycles. The average molecular weight is 194 g/mol. The van der Waals surface area contributed by atoms with Crippen LogP contribution in [0.2, 0.25) is 0 Å². The maximum absolute atomic E-state index is 8.77. The van der Waals surface area contributed by atoms with E-state index in [-0.39, 0.29) is 52.8 Å². The smallest absolute Gasteiger partial charge is 0.262 e. The first kappa shape index (κ1) is 22.6. The summed E-state index contributed by atoms with van der Waals surface area (Å²) in [7, 11) is -4.89. The number of hydrogen-bond acceptors (Lipinski definition) is 2. The van der Waals surface area contributed by atoms with Gasteiger partial charge in [0.25, 0.3) is 7.82 Å². The molecule has 0 unspecified atom stereocenters. The zero-order valence-electron chi connectivity index (χ0n) is 4.51. The molecular weight excluding hydrogens is 188 g/mol. The molecule has 8 heteroatoms. The summed E-state index contributed by atoms with van der Waals surface area (Å²) in [6.45, 7) is 0. The number of rotatable bonds is 0. The molecule has 0 bridgehead atoms. The summed E-state index contributed by atoms with van der Waals surface area (Å²) < 4.78 is 8.77. The molecule has 0 saturated heterocycles. The largest absolute Gasteiger partial charge is 0.756 e. The van der Waals surface area contributed by atoms with E-state index in [4.69, 9.17) is 19.2 Å². The SMILES string of the molecule is O=P([O-])(O)O.[Fe].[NH4+].[Na]. The van der Waals surface area contributed by atoms with Crippen LogP contribution in [0.25, 0.3) is 0 Å². The molecular formula is H6FeNNaO4P. The fraction of sp³-hybridized carbons (Fsp3) is 0. The van der Waals surface area contributed by atoms with Gasteiger partial charge in [-0.15, -0.1) is 0 Å². The van der Waals surface area contributed by atoms with Crippen LogP contribution in [0, 0.1) is 0 Å². The summed E-state index contributed by atoms with van der Waals surface area (Å²) in [5.41, 5.74) is 0. The van der Waals surface area contributed by atoms with E-state index in [1.807, 2.05) is 0 Å². The average Bonchev–Trinajstić information content (AvgIpc) is 0.722. The summed E-state index contributed by atoms with van der Waals surface area (Å²) >= 11 is 0. The number of hydrogen-bond donors (Lipinski definition) is 3. The summed E-state index contributed by atoms with van der Waals surface area (Å²) in [6.07, 6.45) is 0. The van der Waals surface area contributed by atoms with E-state index < -0.39 is 7.82 Å². The van der Waals surface area contributed by atoms with Crippen molar-refractivity contribution < 1.29 is 36.3 Å². The molecule has 0 heterocycles. The van der Waals surface area contributed by atoms with Gasteiger partial charge in [0.1, 0.15) is 0 Å². The second kappa shape index (κ2) is 8.59. The molecule has 0 amide bonds. The van der Waals surface area contributed by atoms with Gasteiger partial charge >= 0.3 is 0 Å². The third kappa shape index (κ3) is 130. The third-order valence-corrected chi connectivity index (χ3v) is 0. The molecule has 0 aromatic carbocycles. The van der Waals surface area contributed by atoms with Crippen molar-refractivity contribution in [3.63, 3.8) is 0 Å². The van der Waals surface area contributed by atoms with E-state index in [9.17, 15) is 0 Å². The van der Waals surface area contributed by atoms with Gasteiger partial charge in [0.15, 0.2) is 0 Å². The van der Waals surface area contributed by atoms with Crippen molar-refractivity contribution in [2.24, 2.45) is 0 Å². The molecule has 0 aromatic rings. The molecule has 1 radical (unpaired) electrons. The second-order valence-corrected chi connectivity index (χ2v) is 1.47. The van der Waals surface area contributed by atoms with Gasteiger partial charge in [-0.2, -0.15) is 0 Å². The van der Waals surface area contributed by atoms with E-state index in [0.29, 0.717) is 0 Å². The van der Waals surface area contributed by atoms with Gasteiger partial charge in [-0.1, -0.05) is 0 Å². The molecule has 0 spiro atoms. The Bertz CT molecular complexity index is 62.2. The zero-order chi connectivity index (χ0) is 4.50. The van der Waals surface area contributed by atoms with Crippen LogP contribution < -0.4 is 11.0 Å². The summed E-state index contributed by atoms with van der Waals surface area (Å²) in [5, 5.41) is 0. The van der Waals surface area contributed by atoms with Gasteiger partial charge in [0.05, 0.1) is 0 Å². The van der Waals surface area contributed by atoms with Crippen LogP contribution in [0.1, 0.15) is 0 Å². The van der Waals surface area contributed by atoms with Crippen LogP contribution in [-0.4, -0.2) is 39.3 Å². The predicted molar refractivity (Wildman–Crippen MR) is 23.8 cm³/mol. The van der Waals surface area contributed by atoms with Crippen molar-refractivity contribution in [1.82, 2.24) is 6.15 Å². The molecule has 0 aliphatic carbocycles. The topological polar surface area (TPSA) is 117 Å².